The number of aromatic amines is 2. The van der Waals surface area contributed by atoms with Crippen molar-refractivity contribution in [3.8, 4) is 0 Å². The lowest BCUT2D eigenvalue weighted by Crippen LogP contribution is -2.28. The summed E-state index contributed by atoms with van der Waals surface area (Å²) in [6, 6.07) is 0. The van der Waals surface area contributed by atoms with Crippen LogP contribution >= 0.6 is 11.8 Å². The molecule has 0 radical (unpaired) electrons. The Balaban J connectivity index is 2.37. The summed E-state index contributed by atoms with van der Waals surface area (Å²) in [4.78, 5) is 42.6. The molecule has 0 saturated carbocycles. The topological polar surface area (TPSA) is 141 Å². The number of aromatic nitrogens is 4. The van der Waals surface area contributed by atoms with Crippen LogP contribution in [0.3, 0.4) is 0 Å². The average Bonchev–Trinajstić information content (AvgIpc) is 2.87. The Labute approximate surface area is 122 Å². The molecule has 0 bridgehead atoms. The zero-order chi connectivity index (χ0) is 15.7. The molecule has 0 fully saturated rings. The van der Waals surface area contributed by atoms with Gasteiger partial charge in [0.05, 0.1) is 6.10 Å². The third-order valence-corrected chi connectivity index (χ3v) is 3.79. The van der Waals surface area contributed by atoms with Crippen LogP contribution in [0.15, 0.2) is 9.59 Å². The van der Waals surface area contributed by atoms with Gasteiger partial charge in [-0.15, -0.1) is 0 Å². The fourth-order valence-corrected chi connectivity index (χ4v) is 2.33. The van der Waals surface area contributed by atoms with Gasteiger partial charge in [-0.05, 0) is 0 Å². The monoisotopic (exact) mass is 314 g/mol. The molecule has 0 aliphatic carbocycles. The van der Waals surface area contributed by atoms with Crippen molar-refractivity contribution in [2.75, 3.05) is 5.75 Å². The van der Waals surface area contributed by atoms with Crippen LogP contribution in [0.25, 0.3) is 11.2 Å². The van der Waals surface area contributed by atoms with Crippen molar-refractivity contribution in [2.24, 2.45) is 7.05 Å². The minimum atomic E-state index is -1.40. The van der Waals surface area contributed by atoms with Crippen LogP contribution in [-0.4, -0.2) is 46.7 Å². The minimum Gasteiger partial charge on any atom is -0.389 e. The second-order valence-electron chi connectivity index (χ2n) is 4.45. The van der Waals surface area contributed by atoms with Crippen LogP contribution in [-0.2, 0) is 11.8 Å². The number of nitrogens with one attached hydrogen (secondary N) is 2. The molecule has 0 aliphatic rings. The van der Waals surface area contributed by atoms with Gasteiger partial charge in [0, 0.05) is 19.7 Å². The molecule has 9 nitrogen and oxygen atoms in total. The molecular weight excluding hydrogens is 300 g/mol. The maximum atomic E-state index is 11.6. The Morgan fingerprint density at radius 1 is 1.38 bits per heavy atom. The van der Waals surface area contributed by atoms with Crippen molar-refractivity contribution in [1.82, 2.24) is 19.5 Å². The number of carbonyl (C=O) groups is 1. The zero-order valence-electron chi connectivity index (χ0n) is 11.3. The van der Waals surface area contributed by atoms with E-state index in [4.69, 9.17) is 0 Å². The maximum absolute atomic E-state index is 11.6. The van der Waals surface area contributed by atoms with Gasteiger partial charge in [0.2, 0.25) is 0 Å². The fourth-order valence-electron chi connectivity index (χ4n) is 1.74. The lowest BCUT2D eigenvalue weighted by molar-refractivity contribution is -0.109. The lowest BCUT2D eigenvalue weighted by atomic mass is 10.2. The highest BCUT2D eigenvalue weighted by atomic mass is 32.2. The highest BCUT2D eigenvalue weighted by Crippen LogP contribution is 2.19. The molecule has 0 aliphatic heterocycles. The molecule has 2 rings (SSSR count). The molecule has 2 atom stereocenters. The molecule has 10 heteroatoms. The smallest absolute Gasteiger partial charge is 0.329 e. The number of hydrogen-bond donors (Lipinski definition) is 4. The first kappa shape index (κ1) is 15.5. The van der Waals surface area contributed by atoms with Crippen LogP contribution in [0.5, 0.6) is 0 Å². The van der Waals surface area contributed by atoms with Gasteiger partial charge in [-0.25, -0.2) is 9.78 Å². The Bertz CT molecular complexity index is 792. The number of imidazole rings is 1. The summed E-state index contributed by atoms with van der Waals surface area (Å²) >= 11 is 0.864. The summed E-state index contributed by atoms with van der Waals surface area (Å²) in [6.07, 6.45) is -2.64. The molecule has 21 heavy (non-hydrogen) atoms. The Morgan fingerprint density at radius 3 is 2.67 bits per heavy atom. The van der Waals surface area contributed by atoms with E-state index in [9.17, 15) is 24.6 Å². The highest BCUT2D eigenvalue weighted by molar-refractivity contribution is 8.13. The van der Waals surface area contributed by atoms with Gasteiger partial charge >= 0.3 is 5.69 Å². The highest BCUT2D eigenvalue weighted by Gasteiger charge is 2.23. The van der Waals surface area contributed by atoms with Gasteiger partial charge in [-0.3, -0.25) is 19.1 Å². The number of carbonyl (C=O) groups excluding carboxylic acids is 1. The van der Waals surface area contributed by atoms with Crippen molar-refractivity contribution in [2.45, 2.75) is 19.1 Å². The number of aliphatic hydroxyl groups is 2. The van der Waals surface area contributed by atoms with Gasteiger partial charge in [0.25, 0.3) is 5.56 Å². The molecular formula is C11H14N4O5S. The van der Waals surface area contributed by atoms with E-state index >= 15 is 0 Å². The SMILES string of the molecule is CC(=O)SCC(O)C(O)c1nc2c([nH]1)c(=O)[nH]c(=O)n2C. The maximum Gasteiger partial charge on any atom is 0.329 e. The minimum absolute atomic E-state index is 0.0111. The molecule has 0 aromatic carbocycles. The summed E-state index contributed by atoms with van der Waals surface area (Å²) in [5, 5.41) is 19.6. The number of fused-ring (bicyclic) bond motifs is 1. The van der Waals surface area contributed by atoms with Gasteiger partial charge in [-0.2, -0.15) is 0 Å². The second-order valence-corrected chi connectivity index (χ2v) is 5.65. The molecule has 0 spiro atoms. The summed E-state index contributed by atoms with van der Waals surface area (Å²) in [6.45, 7) is 1.35. The van der Waals surface area contributed by atoms with Gasteiger partial charge in [0.15, 0.2) is 10.8 Å². The molecule has 2 unspecified atom stereocenters. The quantitative estimate of drug-likeness (QED) is 0.545. The number of rotatable bonds is 4. The predicted molar refractivity (Wildman–Crippen MR) is 76.1 cm³/mol. The molecule has 0 saturated heterocycles. The van der Waals surface area contributed by atoms with E-state index in [1.165, 1.54) is 14.0 Å². The zero-order valence-corrected chi connectivity index (χ0v) is 12.1. The van der Waals surface area contributed by atoms with E-state index in [1.54, 1.807) is 0 Å². The van der Waals surface area contributed by atoms with E-state index in [2.05, 4.69) is 15.0 Å². The number of thioether (sulfide) groups is 1. The predicted octanol–water partition coefficient (Wildman–Crippen LogP) is -1.38. The van der Waals surface area contributed by atoms with Gasteiger partial charge < -0.3 is 15.2 Å². The second kappa shape index (κ2) is 5.84. The summed E-state index contributed by atoms with van der Waals surface area (Å²) in [5.41, 5.74) is -1.19. The average molecular weight is 314 g/mol. The number of nitrogens with zero attached hydrogens (tertiary/aromatic N) is 2. The number of aliphatic hydroxyl groups excluding tert-OH is 2. The van der Waals surface area contributed by atoms with Crippen molar-refractivity contribution >= 4 is 28.0 Å². The number of H-pyrrole nitrogens is 2. The van der Waals surface area contributed by atoms with Crippen molar-refractivity contribution < 1.29 is 15.0 Å². The van der Waals surface area contributed by atoms with E-state index in [0.29, 0.717) is 0 Å². The largest absolute Gasteiger partial charge is 0.389 e. The summed E-state index contributed by atoms with van der Waals surface area (Å²) < 4.78 is 1.11. The van der Waals surface area contributed by atoms with E-state index < -0.39 is 23.5 Å². The van der Waals surface area contributed by atoms with E-state index in [-0.39, 0.29) is 27.9 Å². The molecule has 0 amide bonds. The van der Waals surface area contributed by atoms with Crippen LogP contribution in [0.4, 0.5) is 0 Å². The van der Waals surface area contributed by atoms with Crippen LogP contribution in [0.2, 0.25) is 0 Å². The first-order chi connectivity index (χ1) is 9.81. The van der Waals surface area contributed by atoms with E-state index in [1.807, 2.05) is 0 Å². The molecule has 2 heterocycles. The summed E-state index contributed by atoms with van der Waals surface area (Å²) in [5.74, 6) is -0.0589. The van der Waals surface area contributed by atoms with Gasteiger partial charge in [-0.1, -0.05) is 11.8 Å². The molecule has 114 valence electrons. The van der Waals surface area contributed by atoms with Crippen molar-refractivity contribution in [3.63, 3.8) is 0 Å². The lowest BCUT2D eigenvalue weighted by Gasteiger charge is -2.14. The number of hydrogen-bond acceptors (Lipinski definition) is 7. The number of aryl methyl sites for hydroxylation is 1. The first-order valence-electron chi connectivity index (χ1n) is 5.99. The van der Waals surface area contributed by atoms with Crippen LogP contribution in [0.1, 0.15) is 18.9 Å². The van der Waals surface area contributed by atoms with Crippen LogP contribution in [0, 0.1) is 0 Å². The van der Waals surface area contributed by atoms with Crippen molar-refractivity contribution in [3.05, 3.63) is 26.7 Å². The Morgan fingerprint density at radius 2 is 2.05 bits per heavy atom. The normalized spacial score (nSPS) is 14.3. The summed E-state index contributed by atoms with van der Waals surface area (Å²) in [7, 11) is 1.42. The fraction of sp³-hybridized carbons (Fsp3) is 0.455. The van der Waals surface area contributed by atoms with Crippen molar-refractivity contribution in [1.29, 1.82) is 0 Å². The van der Waals surface area contributed by atoms with Gasteiger partial charge in [0.1, 0.15) is 17.4 Å². The molecule has 2 aromatic heterocycles. The third-order valence-electron chi connectivity index (χ3n) is 2.87. The Hall–Kier alpha value is -1.91. The Kier molecular flexibility index (Phi) is 4.30. The van der Waals surface area contributed by atoms with Crippen LogP contribution < -0.4 is 11.2 Å². The first-order valence-corrected chi connectivity index (χ1v) is 6.98. The molecule has 2 aromatic rings. The molecule has 4 N–H and O–H groups in total. The van der Waals surface area contributed by atoms with E-state index in [0.717, 1.165) is 16.3 Å². The standard InChI is InChI=1S/C11H14N4O5S/c1-4(16)21-3-5(17)7(18)8-12-6-9(13-8)15(2)11(20)14-10(6)19/h5,7,17-18H,3H2,1-2H3,(H,12,13)(H,14,19,20). The third kappa shape index (κ3) is 3.06.